The van der Waals surface area contributed by atoms with Gasteiger partial charge in [-0.15, -0.1) is 0 Å². The predicted octanol–water partition coefficient (Wildman–Crippen LogP) is 3.14. The SMILES string of the molecule is COC(C1CCCCC1)C(CC1Cc2ccccc21)NN. The van der Waals surface area contributed by atoms with Crippen LogP contribution >= 0.6 is 0 Å². The summed E-state index contributed by atoms with van der Waals surface area (Å²) in [6, 6.07) is 9.04. The van der Waals surface area contributed by atoms with Crippen molar-refractivity contribution in [2.24, 2.45) is 11.8 Å². The van der Waals surface area contributed by atoms with E-state index in [0.29, 0.717) is 11.8 Å². The lowest BCUT2D eigenvalue weighted by molar-refractivity contribution is 0.00377. The van der Waals surface area contributed by atoms with Crippen LogP contribution < -0.4 is 11.3 Å². The number of rotatable bonds is 6. The Morgan fingerprint density at radius 2 is 2.00 bits per heavy atom. The Balaban J connectivity index is 1.64. The van der Waals surface area contributed by atoms with Crippen molar-refractivity contribution in [3.8, 4) is 0 Å². The summed E-state index contributed by atoms with van der Waals surface area (Å²) in [5.74, 6) is 7.18. The molecule has 0 amide bonds. The van der Waals surface area contributed by atoms with Crippen LogP contribution in [0.1, 0.15) is 55.6 Å². The maximum Gasteiger partial charge on any atom is 0.0765 e. The second-order valence-electron chi connectivity index (χ2n) is 6.71. The molecule has 3 rings (SSSR count). The molecule has 116 valence electrons. The minimum atomic E-state index is 0.253. The van der Waals surface area contributed by atoms with Gasteiger partial charge in [-0.05, 0) is 48.6 Å². The highest BCUT2D eigenvalue weighted by Gasteiger charge is 2.34. The van der Waals surface area contributed by atoms with E-state index in [9.17, 15) is 0 Å². The van der Waals surface area contributed by atoms with Crippen LogP contribution in [0.5, 0.6) is 0 Å². The summed E-state index contributed by atoms with van der Waals surface area (Å²) in [6.45, 7) is 0. The number of hydrazine groups is 1. The summed E-state index contributed by atoms with van der Waals surface area (Å²) in [4.78, 5) is 0. The summed E-state index contributed by atoms with van der Waals surface area (Å²) in [5, 5.41) is 0. The summed E-state index contributed by atoms with van der Waals surface area (Å²) in [6.07, 6.45) is 9.17. The van der Waals surface area contributed by atoms with Gasteiger partial charge in [0.2, 0.25) is 0 Å². The van der Waals surface area contributed by atoms with Gasteiger partial charge < -0.3 is 4.74 Å². The van der Waals surface area contributed by atoms with Gasteiger partial charge in [0.25, 0.3) is 0 Å². The van der Waals surface area contributed by atoms with Crippen LogP contribution in [0.25, 0.3) is 0 Å². The molecule has 0 radical (unpaired) electrons. The van der Waals surface area contributed by atoms with Crippen molar-refractivity contribution in [2.45, 2.75) is 63.0 Å². The van der Waals surface area contributed by atoms with Gasteiger partial charge >= 0.3 is 0 Å². The number of benzene rings is 1. The lowest BCUT2D eigenvalue weighted by Crippen LogP contribution is -2.50. The molecular weight excluding hydrogens is 260 g/mol. The minimum absolute atomic E-state index is 0.253. The lowest BCUT2D eigenvalue weighted by atomic mass is 9.72. The van der Waals surface area contributed by atoms with Crippen molar-refractivity contribution in [3.05, 3.63) is 35.4 Å². The number of nitrogens with two attached hydrogens (primary N) is 1. The molecule has 21 heavy (non-hydrogen) atoms. The lowest BCUT2D eigenvalue weighted by Gasteiger charge is -2.38. The van der Waals surface area contributed by atoms with E-state index in [2.05, 4.69) is 29.7 Å². The quantitative estimate of drug-likeness (QED) is 0.624. The minimum Gasteiger partial charge on any atom is -0.379 e. The van der Waals surface area contributed by atoms with Gasteiger partial charge in [-0.2, -0.15) is 0 Å². The largest absolute Gasteiger partial charge is 0.379 e. The molecule has 2 aliphatic rings. The standard InChI is InChI=1S/C18H28N2O/c1-21-18(13-7-3-2-4-8-13)17(20-19)12-15-11-14-9-5-6-10-16(14)15/h5-6,9-10,13,15,17-18,20H,2-4,7-8,11-12,19H2,1H3. The Labute approximate surface area is 128 Å². The van der Waals surface area contributed by atoms with Crippen LogP contribution in [0.2, 0.25) is 0 Å². The average molecular weight is 288 g/mol. The first-order valence-electron chi connectivity index (χ1n) is 8.40. The van der Waals surface area contributed by atoms with E-state index in [1.165, 1.54) is 49.7 Å². The molecular formula is C18H28N2O. The summed E-state index contributed by atoms with van der Waals surface area (Å²) in [7, 11) is 1.85. The van der Waals surface area contributed by atoms with Crippen molar-refractivity contribution < 1.29 is 4.74 Å². The first-order valence-corrected chi connectivity index (χ1v) is 8.40. The molecule has 1 aromatic rings. The zero-order valence-corrected chi connectivity index (χ0v) is 13.1. The Bertz CT molecular complexity index is 456. The molecule has 3 N–H and O–H groups in total. The number of hydrogen-bond donors (Lipinski definition) is 2. The van der Waals surface area contributed by atoms with E-state index in [0.717, 1.165) is 6.42 Å². The maximum absolute atomic E-state index is 5.87. The Kier molecular flexibility index (Phi) is 4.94. The second-order valence-corrected chi connectivity index (χ2v) is 6.71. The van der Waals surface area contributed by atoms with Gasteiger partial charge in [0.15, 0.2) is 0 Å². The number of fused-ring (bicyclic) bond motifs is 1. The number of methoxy groups -OCH3 is 1. The molecule has 3 atom stereocenters. The van der Waals surface area contributed by atoms with Crippen molar-refractivity contribution in [2.75, 3.05) is 7.11 Å². The van der Waals surface area contributed by atoms with Crippen LogP contribution in [0.15, 0.2) is 24.3 Å². The van der Waals surface area contributed by atoms with Gasteiger partial charge in [-0.3, -0.25) is 11.3 Å². The van der Waals surface area contributed by atoms with E-state index >= 15 is 0 Å². The summed E-state index contributed by atoms with van der Waals surface area (Å²) in [5.41, 5.74) is 6.07. The molecule has 0 aliphatic heterocycles. The van der Waals surface area contributed by atoms with Gasteiger partial charge in [0, 0.05) is 13.2 Å². The fourth-order valence-corrected chi connectivity index (χ4v) is 4.32. The van der Waals surface area contributed by atoms with Crippen molar-refractivity contribution >= 4 is 0 Å². The maximum atomic E-state index is 5.87. The van der Waals surface area contributed by atoms with E-state index in [1.54, 1.807) is 0 Å². The monoisotopic (exact) mass is 288 g/mol. The molecule has 3 nitrogen and oxygen atoms in total. The molecule has 3 heteroatoms. The molecule has 1 saturated carbocycles. The fourth-order valence-electron chi connectivity index (χ4n) is 4.32. The van der Waals surface area contributed by atoms with E-state index in [-0.39, 0.29) is 12.1 Å². The van der Waals surface area contributed by atoms with Crippen LogP contribution in [0, 0.1) is 5.92 Å². The topological polar surface area (TPSA) is 47.3 Å². The molecule has 1 fully saturated rings. The molecule has 0 heterocycles. The third kappa shape index (κ3) is 3.15. The molecule has 0 aromatic heterocycles. The molecule has 3 unspecified atom stereocenters. The first-order chi connectivity index (χ1) is 10.3. The first kappa shape index (κ1) is 15.0. The van der Waals surface area contributed by atoms with Crippen LogP contribution in [-0.2, 0) is 11.2 Å². The van der Waals surface area contributed by atoms with Gasteiger partial charge in [-0.25, -0.2) is 0 Å². The number of ether oxygens (including phenoxy) is 1. The Morgan fingerprint density at radius 3 is 2.67 bits per heavy atom. The van der Waals surface area contributed by atoms with Gasteiger partial charge in [0.1, 0.15) is 0 Å². The highest BCUT2D eigenvalue weighted by Crippen LogP contribution is 2.39. The molecule has 0 bridgehead atoms. The van der Waals surface area contributed by atoms with Gasteiger partial charge in [0.05, 0.1) is 6.10 Å². The van der Waals surface area contributed by atoms with E-state index < -0.39 is 0 Å². The Morgan fingerprint density at radius 1 is 1.24 bits per heavy atom. The average Bonchev–Trinajstić information content (AvgIpc) is 2.52. The third-order valence-corrected chi connectivity index (χ3v) is 5.50. The summed E-state index contributed by atoms with van der Waals surface area (Å²) < 4.78 is 5.86. The van der Waals surface area contributed by atoms with Crippen molar-refractivity contribution in [3.63, 3.8) is 0 Å². The second kappa shape index (κ2) is 6.91. The van der Waals surface area contributed by atoms with E-state index in [1.807, 2.05) is 7.11 Å². The highest BCUT2D eigenvalue weighted by atomic mass is 16.5. The molecule has 0 saturated heterocycles. The number of hydrogen-bond acceptors (Lipinski definition) is 3. The normalized spacial score (nSPS) is 25.0. The van der Waals surface area contributed by atoms with Crippen LogP contribution in [-0.4, -0.2) is 19.3 Å². The van der Waals surface area contributed by atoms with Crippen LogP contribution in [0.3, 0.4) is 0 Å². The van der Waals surface area contributed by atoms with Crippen molar-refractivity contribution in [1.82, 2.24) is 5.43 Å². The molecule has 1 aromatic carbocycles. The third-order valence-electron chi connectivity index (χ3n) is 5.50. The van der Waals surface area contributed by atoms with Gasteiger partial charge in [-0.1, -0.05) is 43.5 Å². The Hall–Kier alpha value is -0.900. The zero-order valence-electron chi connectivity index (χ0n) is 13.1. The smallest absolute Gasteiger partial charge is 0.0765 e. The zero-order chi connectivity index (χ0) is 14.7. The fraction of sp³-hybridized carbons (Fsp3) is 0.667. The molecule has 2 aliphatic carbocycles. The van der Waals surface area contributed by atoms with Crippen LogP contribution in [0.4, 0.5) is 0 Å². The van der Waals surface area contributed by atoms with Crippen molar-refractivity contribution in [1.29, 1.82) is 0 Å². The molecule has 0 spiro atoms. The summed E-state index contributed by atoms with van der Waals surface area (Å²) >= 11 is 0. The predicted molar refractivity (Wildman–Crippen MR) is 86.0 cm³/mol. The highest BCUT2D eigenvalue weighted by molar-refractivity contribution is 5.40. The van der Waals surface area contributed by atoms with E-state index in [4.69, 9.17) is 10.6 Å². The number of nitrogens with one attached hydrogen (secondary N) is 1.